The number of halogens is 2. The first-order valence-corrected chi connectivity index (χ1v) is 9.94. The maximum atomic E-state index is 6.31. The van der Waals surface area contributed by atoms with Crippen LogP contribution in [0.3, 0.4) is 0 Å². The Morgan fingerprint density at radius 3 is 2.73 bits per heavy atom. The third-order valence-corrected chi connectivity index (χ3v) is 6.39. The first-order chi connectivity index (χ1) is 12.7. The van der Waals surface area contributed by atoms with Crippen LogP contribution in [0.5, 0.6) is 5.75 Å². The number of ether oxygens (including phenoxy) is 1. The molecular formula is C20H14Cl2N2OS. The Morgan fingerprint density at radius 2 is 1.92 bits per heavy atom. The van der Waals surface area contributed by atoms with Crippen molar-refractivity contribution in [3.8, 4) is 5.75 Å². The van der Waals surface area contributed by atoms with E-state index in [0.717, 1.165) is 23.4 Å². The molecule has 0 unspecified atom stereocenters. The van der Waals surface area contributed by atoms with Crippen LogP contribution < -0.4 is 4.74 Å². The van der Waals surface area contributed by atoms with E-state index in [4.69, 9.17) is 33.0 Å². The highest BCUT2D eigenvalue weighted by molar-refractivity contribution is 7.12. The molecule has 0 fully saturated rings. The fourth-order valence-electron chi connectivity index (χ4n) is 3.51. The monoisotopic (exact) mass is 400 g/mol. The van der Waals surface area contributed by atoms with Gasteiger partial charge in [0.05, 0.1) is 26.7 Å². The fourth-order valence-corrected chi connectivity index (χ4v) is 4.54. The van der Waals surface area contributed by atoms with Crippen LogP contribution in [0.1, 0.15) is 34.7 Å². The summed E-state index contributed by atoms with van der Waals surface area (Å²) >= 11 is 14.0. The van der Waals surface area contributed by atoms with Crippen LogP contribution in [0.2, 0.25) is 10.0 Å². The number of hydrogen-bond donors (Lipinski definition) is 0. The fraction of sp³-hybridized carbons (Fsp3) is 0.150. The summed E-state index contributed by atoms with van der Waals surface area (Å²) in [6, 6.07) is 18.1. The molecule has 3 heterocycles. The predicted octanol–water partition coefficient (Wildman–Crippen LogP) is 6.30. The summed E-state index contributed by atoms with van der Waals surface area (Å²) in [4.78, 5) is 1.20. The Hall–Kier alpha value is -2.01. The van der Waals surface area contributed by atoms with Gasteiger partial charge in [0.25, 0.3) is 0 Å². The third kappa shape index (κ3) is 2.60. The predicted molar refractivity (Wildman–Crippen MR) is 106 cm³/mol. The average Bonchev–Trinajstić information content (AvgIpc) is 3.33. The summed E-state index contributed by atoms with van der Waals surface area (Å²) in [5.74, 6) is 0.896. The standard InChI is InChI=1S/C20H14Cl2N2OS/c21-14-8-7-12(10-15(14)22)20-24-17(13-4-1-2-5-18(13)25-20)11-16(23-24)19-6-3-9-26-19/h1-10,17,20H,11H2/t17-,20+/m1/s1. The molecule has 0 saturated heterocycles. The van der Waals surface area contributed by atoms with Crippen LogP contribution in [-0.2, 0) is 0 Å². The van der Waals surface area contributed by atoms with E-state index in [-0.39, 0.29) is 12.3 Å². The van der Waals surface area contributed by atoms with Gasteiger partial charge in [0.2, 0.25) is 6.23 Å². The van der Waals surface area contributed by atoms with Gasteiger partial charge in [0.15, 0.2) is 0 Å². The maximum Gasteiger partial charge on any atom is 0.213 e. The zero-order valence-electron chi connectivity index (χ0n) is 13.6. The zero-order valence-corrected chi connectivity index (χ0v) is 15.9. The molecular weight excluding hydrogens is 387 g/mol. The van der Waals surface area contributed by atoms with Gasteiger partial charge in [-0.1, -0.05) is 53.5 Å². The van der Waals surface area contributed by atoms with Gasteiger partial charge in [-0.3, -0.25) is 0 Å². The van der Waals surface area contributed by atoms with Gasteiger partial charge in [0, 0.05) is 17.5 Å². The van der Waals surface area contributed by atoms with Crippen LogP contribution in [-0.4, -0.2) is 10.7 Å². The van der Waals surface area contributed by atoms with E-state index in [2.05, 4.69) is 28.6 Å². The molecule has 0 amide bonds. The van der Waals surface area contributed by atoms with Crippen molar-refractivity contribution in [1.82, 2.24) is 5.01 Å². The highest BCUT2D eigenvalue weighted by Gasteiger charge is 2.41. The van der Waals surface area contributed by atoms with E-state index in [1.54, 1.807) is 17.4 Å². The Balaban J connectivity index is 1.61. The van der Waals surface area contributed by atoms with Crippen molar-refractivity contribution < 1.29 is 4.74 Å². The molecule has 0 aliphatic carbocycles. The van der Waals surface area contributed by atoms with Gasteiger partial charge in [0.1, 0.15) is 5.75 Å². The Morgan fingerprint density at radius 1 is 1.04 bits per heavy atom. The number of hydrazone groups is 1. The van der Waals surface area contributed by atoms with Crippen molar-refractivity contribution in [3.05, 3.63) is 86.0 Å². The van der Waals surface area contributed by atoms with Crippen LogP contribution in [0, 0.1) is 0 Å². The van der Waals surface area contributed by atoms with Crippen LogP contribution >= 0.6 is 34.5 Å². The van der Waals surface area contributed by atoms with E-state index in [9.17, 15) is 0 Å². The van der Waals surface area contributed by atoms with E-state index in [1.807, 2.05) is 30.3 Å². The van der Waals surface area contributed by atoms with Gasteiger partial charge in [-0.05, 0) is 29.6 Å². The van der Waals surface area contributed by atoms with Crippen LogP contribution in [0.15, 0.2) is 65.1 Å². The molecule has 0 spiro atoms. The average molecular weight is 401 g/mol. The third-order valence-electron chi connectivity index (χ3n) is 4.73. The molecule has 2 aromatic carbocycles. The van der Waals surface area contributed by atoms with Gasteiger partial charge < -0.3 is 4.74 Å². The molecule has 130 valence electrons. The molecule has 5 rings (SSSR count). The lowest BCUT2D eigenvalue weighted by Crippen LogP contribution is -2.33. The molecule has 1 aromatic heterocycles. The van der Waals surface area contributed by atoms with E-state index in [0.29, 0.717) is 10.0 Å². The second-order valence-corrected chi connectivity index (χ2v) is 8.07. The molecule has 0 N–H and O–H groups in total. The molecule has 2 aliphatic heterocycles. The molecule has 0 radical (unpaired) electrons. The molecule has 0 saturated carbocycles. The number of para-hydroxylation sites is 1. The molecule has 6 heteroatoms. The van der Waals surface area contributed by atoms with Crippen LogP contribution in [0.25, 0.3) is 0 Å². The summed E-state index contributed by atoms with van der Waals surface area (Å²) < 4.78 is 6.31. The Bertz CT molecular complexity index is 1000. The first kappa shape index (κ1) is 16.2. The molecule has 2 aliphatic rings. The lowest BCUT2D eigenvalue weighted by Gasteiger charge is -2.38. The zero-order chi connectivity index (χ0) is 17.7. The summed E-state index contributed by atoms with van der Waals surface area (Å²) in [6.45, 7) is 0. The van der Waals surface area contributed by atoms with Gasteiger partial charge in [-0.15, -0.1) is 11.3 Å². The van der Waals surface area contributed by atoms with Gasteiger partial charge in [-0.25, -0.2) is 5.01 Å². The highest BCUT2D eigenvalue weighted by atomic mass is 35.5. The summed E-state index contributed by atoms with van der Waals surface area (Å²) in [5.41, 5.74) is 3.20. The number of nitrogens with zero attached hydrogens (tertiary/aromatic N) is 2. The maximum absolute atomic E-state index is 6.31. The topological polar surface area (TPSA) is 24.8 Å². The SMILES string of the molecule is Clc1ccc([C@@H]2Oc3ccccc3[C@H]3CC(c4cccs4)=NN32)cc1Cl. The largest absolute Gasteiger partial charge is 0.464 e. The Kier molecular flexibility index (Phi) is 3.92. The number of thiophene rings is 1. The van der Waals surface area contributed by atoms with E-state index >= 15 is 0 Å². The lowest BCUT2D eigenvalue weighted by molar-refractivity contribution is -0.0190. The van der Waals surface area contributed by atoms with Crippen molar-refractivity contribution >= 4 is 40.3 Å². The summed E-state index contributed by atoms with van der Waals surface area (Å²) in [7, 11) is 0. The number of hydrogen-bond acceptors (Lipinski definition) is 4. The minimum Gasteiger partial charge on any atom is -0.464 e. The van der Waals surface area contributed by atoms with Crippen LogP contribution in [0.4, 0.5) is 0 Å². The number of benzene rings is 2. The number of fused-ring (bicyclic) bond motifs is 3. The minimum atomic E-state index is -0.331. The van der Waals surface area contributed by atoms with E-state index < -0.39 is 0 Å². The molecule has 3 aromatic rings. The van der Waals surface area contributed by atoms with Crippen molar-refractivity contribution in [2.45, 2.75) is 18.7 Å². The summed E-state index contributed by atoms with van der Waals surface area (Å²) in [5, 5.41) is 10.1. The summed E-state index contributed by atoms with van der Waals surface area (Å²) in [6.07, 6.45) is 0.528. The second-order valence-electron chi connectivity index (χ2n) is 6.31. The van der Waals surface area contributed by atoms with Gasteiger partial charge in [-0.2, -0.15) is 5.10 Å². The normalized spacial score (nSPS) is 21.0. The Labute approximate surface area is 165 Å². The van der Waals surface area contributed by atoms with Crippen molar-refractivity contribution in [2.24, 2.45) is 5.10 Å². The quantitative estimate of drug-likeness (QED) is 0.504. The number of rotatable bonds is 2. The molecule has 2 atom stereocenters. The molecule has 0 bridgehead atoms. The smallest absolute Gasteiger partial charge is 0.213 e. The highest BCUT2D eigenvalue weighted by Crippen LogP contribution is 2.48. The first-order valence-electron chi connectivity index (χ1n) is 8.31. The molecule has 26 heavy (non-hydrogen) atoms. The molecule has 3 nitrogen and oxygen atoms in total. The van der Waals surface area contributed by atoms with Crippen molar-refractivity contribution in [2.75, 3.05) is 0 Å². The lowest BCUT2D eigenvalue weighted by atomic mass is 9.98. The second kappa shape index (κ2) is 6.31. The van der Waals surface area contributed by atoms with Crippen molar-refractivity contribution in [1.29, 1.82) is 0 Å². The van der Waals surface area contributed by atoms with E-state index in [1.165, 1.54) is 10.4 Å². The van der Waals surface area contributed by atoms with Gasteiger partial charge >= 0.3 is 0 Å². The van der Waals surface area contributed by atoms with Crippen molar-refractivity contribution in [3.63, 3.8) is 0 Å². The minimum absolute atomic E-state index is 0.150.